The zero-order valence-corrected chi connectivity index (χ0v) is 60.1. The van der Waals surface area contributed by atoms with E-state index in [0.29, 0.717) is 12.1 Å². The Morgan fingerprint density at radius 1 is 0.739 bits per heavy atom. The van der Waals surface area contributed by atoms with Gasteiger partial charge in [0.05, 0.1) is 23.5 Å². The Morgan fingerprint density at radius 2 is 1.17 bits per heavy atom. The van der Waals surface area contributed by atoms with Crippen LogP contribution in [0.15, 0.2) is 83.4 Å². The summed E-state index contributed by atoms with van der Waals surface area (Å²) in [5, 5.41) is 31.6. The number of ether oxygens (including phenoxy) is 2. The van der Waals surface area contributed by atoms with Gasteiger partial charge in [-0.15, -0.1) is 22.6 Å². The van der Waals surface area contributed by atoms with Crippen LogP contribution in [0, 0.1) is 22.7 Å². The Hall–Kier alpha value is -3.10. The van der Waals surface area contributed by atoms with Crippen LogP contribution in [0.5, 0.6) is 11.8 Å². The molecule has 6 aromatic rings. The molecule has 2 amide bonds. The molecule has 0 unspecified atom stereocenters. The molecule has 8 heterocycles. The first kappa shape index (κ1) is 81.0. The normalized spacial score (nSPS) is 18.0. The van der Waals surface area contributed by atoms with E-state index >= 15 is 0 Å². The molecule has 6 aromatic heterocycles. The Balaban J connectivity index is 0.000000716. The first-order valence-corrected chi connectivity index (χ1v) is 28.6. The van der Waals surface area contributed by atoms with Crippen LogP contribution in [0.2, 0.25) is 5.15 Å². The number of pyridine rings is 2. The van der Waals surface area contributed by atoms with Crippen LogP contribution in [-0.2, 0) is 29.7 Å². The number of nitrogens with one attached hydrogen (secondary N) is 5. The predicted molar refractivity (Wildman–Crippen MR) is 308 cm³/mol. The van der Waals surface area contributed by atoms with Crippen LogP contribution in [-0.4, -0.2) is 135 Å². The summed E-state index contributed by atoms with van der Waals surface area (Å²) in [5.41, 5.74) is -3.81. The van der Waals surface area contributed by atoms with Crippen molar-refractivity contribution in [2.45, 2.75) is 113 Å². The third kappa shape index (κ3) is 20.7. The van der Waals surface area contributed by atoms with Gasteiger partial charge in [-0.25, -0.2) is 45.6 Å². The van der Waals surface area contributed by atoms with Gasteiger partial charge in [-0.1, -0.05) is 25.4 Å². The van der Waals surface area contributed by atoms with Gasteiger partial charge >= 0.3 is 115 Å². The summed E-state index contributed by atoms with van der Waals surface area (Å²) in [6.45, 7) is 13.4. The molecule has 4 fully saturated rings. The topological polar surface area (TPSA) is 328 Å². The Morgan fingerprint density at radius 3 is 1.50 bits per heavy atom. The van der Waals surface area contributed by atoms with E-state index in [-0.39, 0.29) is 237 Å². The van der Waals surface area contributed by atoms with Crippen molar-refractivity contribution in [2.24, 2.45) is 22.7 Å². The van der Waals surface area contributed by atoms with E-state index in [9.17, 15) is 52.8 Å². The van der Waals surface area contributed by atoms with Crippen LogP contribution in [0.25, 0.3) is 11.6 Å². The molecule has 2 saturated carbocycles. The minimum atomic E-state index is -4.34. The minimum Gasteiger partial charge on any atom is -1.00 e. The molecular weight excluding hydrogens is 1350 g/mol. The third-order valence-corrected chi connectivity index (χ3v) is 16.7. The number of anilines is 1. The van der Waals surface area contributed by atoms with Crippen LogP contribution >= 0.6 is 51.0 Å². The van der Waals surface area contributed by atoms with Crippen LogP contribution < -0.4 is 137 Å². The Bertz CT molecular complexity index is 3500. The average molecular weight is 1420 g/mol. The number of hydrogen-bond donors (Lipinski definition) is 5. The summed E-state index contributed by atoms with van der Waals surface area (Å²) < 4.78 is 145. The molecule has 5 N–H and O–H groups in total. The van der Waals surface area contributed by atoms with Crippen molar-refractivity contribution in [3.63, 3.8) is 0 Å². The molecule has 0 aromatic carbocycles. The largest absolute Gasteiger partial charge is 1.00 e. The fourth-order valence-corrected chi connectivity index (χ4v) is 11.1. The molecule has 25 nitrogen and oxygen atoms in total. The molecular formula is C49H64Cl2F6K2N14O11S4. The van der Waals surface area contributed by atoms with Crippen molar-refractivity contribution in [1.29, 1.82) is 0 Å². The van der Waals surface area contributed by atoms with E-state index in [2.05, 4.69) is 83.2 Å². The molecule has 478 valence electrons. The average Bonchev–Trinajstić information content (AvgIpc) is 3.81. The van der Waals surface area contributed by atoms with E-state index in [1.165, 1.54) is 71.1 Å². The van der Waals surface area contributed by atoms with Gasteiger partial charge in [0.2, 0.25) is 11.8 Å². The molecule has 88 heavy (non-hydrogen) atoms. The molecule has 0 radical (unpaired) electrons. The monoisotopic (exact) mass is 1410 g/mol. The van der Waals surface area contributed by atoms with Crippen molar-refractivity contribution in [3.8, 4) is 23.4 Å². The number of aromatic amines is 2. The summed E-state index contributed by atoms with van der Waals surface area (Å²) in [5.74, 6) is -0.0719. The fraction of sp³-hybridized carbons (Fsp3) is 0.490. The number of sulfonamides is 2. The maximum absolute atomic E-state index is 13.2. The molecule has 0 bridgehead atoms. The van der Waals surface area contributed by atoms with Crippen LogP contribution in [0.4, 0.5) is 32.2 Å². The summed E-state index contributed by atoms with van der Waals surface area (Å²) >= 11 is 6.03. The van der Waals surface area contributed by atoms with E-state index in [0.717, 1.165) is 37.1 Å². The Labute approximate surface area is 614 Å². The van der Waals surface area contributed by atoms with E-state index in [1.807, 2.05) is 23.5 Å². The number of carbonyl (C=O) groups is 3. The van der Waals surface area contributed by atoms with Crippen molar-refractivity contribution in [2.75, 3.05) is 31.2 Å². The minimum absolute atomic E-state index is 0. The summed E-state index contributed by atoms with van der Waals surface area (Å²) in [4.78, 5) is 46.9. The zero-order chi connectivity index (χ0) is 61.0. The van der Waals surface area contributed by atoms with Gasteiger partial charge in [0, 0.05) is 54.5 Å². The second-order valence-electron chi connectivity index (χ2n) is 21.6. The van der Waals surface area contributed by atoms with Crippen molar-refractivity contribution in [3.05, 3.63) is 89.9 Å². The first-order valence-electron chi connectivity index (χ1n) is 25.3. The van der Waals surface area contributed by atoms with Crippen LogP contribution in [0.1, 0.15) is 102 Å². The standard InChI is InChI=1S/C24H28F3N7O4S.C17H14ClF3N6O4S.C7H15N.CH2O3.ClH.2K.2H2S.H/c1-15-10-22(2,3)33(13-15)20-17(21(35)32-39(36,37)16-11-28-29-12-16)4-5-18(30-20)34-9-6-19(31-34)38-14-23(7-8-23)24(25,26)27;18-14-11(15(28)26-32(29,30)10-7-22-23-8-10)1-2-12(24-14)27-6-3-13(25-27)31-9-16(4-5-16)17(19,20)21;1-6-4-7(2,3)8-5-6;2-1-4-3;;;;;;/h4-6,9,11-12,15H,7-8,10,13-14H2,1-3H3,(H,28,29)(H,32,35);1-3,6-8H,4-5,9H2,(H,22,23)(H,26,28);6,8H,4-5H2,1-3H3;1,3H;1H;;;2*1H2;/q;;;;;2*+1;;;-1/p-1/t15-;;6-;;;;;;;/m0.0......./s1. The van der Waals surface area contributed by atoms with Crippen molar-refractivity contribution >= 4 is 95.2 Å². The molecule has 0 spiro atoms. The molecule has 2 atom stereocenters. The summed E-state index contributed by atoms with van der Waals surface area (Å²) in [6, 6.07) is 8.29. The van der Waals surface area contributed by atoms with Gasteiger partial charge in [0.15, 0.2) is 11.6 Å². The number of nitrogens with zero attached hydrogens (tertiary/aromatic N) is 9. The molecule has 10 rings (SSSR count). The van der Waals surface area contributed by atoms with E-state index in [1.54, 1.807) is 0 Å². The van der Waals surface area contributed by atoms with Gasteiger partial charge < -0.3 is 31.3 Å². The first-order chi connectivity index (χ1) is 38.7. The number of amides is 2. The van der Waals surface area contributed by atoms with Gasteiger partial charge in [0.25, 0.3) is 38.3 Å². The van der Waals surface area contributed by atoms with Gasteiger partial charge in [0.1, 0.15) is 44.8 Å². The molecule has 39 heteroatoms. The van der Waals surface area contributed by atoms with Crippen molar-refractivity contribution in [1.82, 2.24) is 64.7 Å². The third-order valence-electron chi connectivity index (χ3n) is 13.9. The number of H-pyrrole nitrogens is 2. The summed E-state index contributed by atoms with van der Waals surface area (Å²) in [7, 11) is -8.34. The number of hydrogen-bond acceptors (Lipinski definition) is 19. The van der Waals surface area contributed by atoms with Gasteiger partial charge in [-0.2, -0.15) is 63.5 Å². The maximum Gasteiger partial charge on any atom is 1.00 e. The van der Waals surface area contributed by atoms with Crippen molar-refractivity contribution < 1.29 is 181 Å². The number of aromatic nitrogens is 10. The quantitative estimate of drug-likeness (QED) is 0.0220. The molecule has 2 aliphatic carbocycles. The van der Waals surface area contributed by atoms with E-state index in [4.69, 9.17) is 31.1 Å². The summed E-state index contributed by atoms with van der Waals surface area (Å²) in [6.07, 6.45) is 0.756. The molecule has 4 aliphatic rings. The second-order valence-corrected chi connectivity index (χ2v) is 25.3. The number of rotatable bonds is 16. The Kier molecular flexibility index (Phi) is 30.0. The van der Waals surface area contributed by atoms with Gasteiger partial charge in [-0.3, -0.25) is 24.6 Å². The maximum atomic E-state index is 13.2. The molecule has 2 saturated heterocycles. The smallest absolute Gasteiger partial charge is 1.00 e. The predicted octanol–water partition coefficient (Wildman–Crippen LogP) is 0.536. The molecule has 2 aliphatic heterocycles. The zero-order valence-electron chi connectivity index (χ0n) is 49.6. The number of halogens is 8. The number of alkyl halides is 6. The SMILES string of the molecule is C[C@@H]1CN(c2nc(-n3ccc(OCC4(C(F)(F)F)CC4)n3)ccc2C(=O)NS(=O)(=O)c2cn[nH]c2)C(C)(C)C1.C[C@@H]1CNC(C)(C)C1.Cl.O=C(NS(=O)(=O)c1cn[nH]c1)c1ccc(-n2ccc(OCC3(C(F)(F)F)CC3)n2)nc1Cl.O=CO[O-].S.S.[H-].[K+].[K+]. The second kappa shape index (κ2) is 32.6. The van der Waals surface area contributed by atoms with Crippen LogP contribution in [0.3, 0.4) is 0 Å². The fourth-order valence-electron chi connectivity index (χ4n) is 9.11. The van der Waals surface area contributed by atoms with Gasteiger partial charge in [-0.05, 0) is 109 Å². The number of carbonyl (C=O) groups excluding carboxylic acids is 3. The van der Waals surface area contributed by atoms with E-state index < -0.39 is 73.8 Å².